The Bertz CT molecular complexity index is 837. The predicted octanol–water partition coefficient (Wildman–Crippen LogP) is 3.11. The van der Waals surface area contributed by atoms with Gasteiger partial charge in [-0.3, -0.25) is 0 Å². The first kappa shape index (κ1) is 16.1. The van der Waals surface area contributed by atoms with E-state index >= 15 is 0 Å². The number of fused-ring (bicyclic) bond motifs is 1. The highest BCUT2D eigenvalue weighted by Gasteiger charge is 2.29. The summed E-state index contributed by atoms with van der Waals surface area (Å²) in [5.74, 6) is 0.615. The average Bonchev–Trinajstić information content (AvgIpc) is 2.95. The maximum absolute atomic E-state index is 12.6. The molecular formula is C15H15F3N4O2. The average molecular weight is 340 g/mol. The van der Waals surface area contributed by atoms with Gasteiger partial charge in [0.15, 0.2) is 5.65 Å². The van der Waals surface area contributed by atoms with Crippen molar-refractivity contribution in [2.75, 3.05) is 18.5 Å². The number of hydrogen-bond acceptors (Lipinski definition) is 5. The van der Waals surface area contributed by atoms with Gasteiger partial charge in [-0.15, -0.1) is 5.10 Å². The molecule has 0 amide bonds. The zero-order valence-electron chi connectivity index (χ0n) is 12.3. The molecule has 2 heterocycles. The fourth-order valence-electron chi connectivity index (χ4n) is 2.07. The first-order chi connectivity index (χ1) is 11.5. The molecule has 0 spiro atoms. The fraction of sp³-hybridized carbons (Fsp3) is 0.200. The lowest BCUT2D eigenvalue weighted by molar-refractivity contribution is -0.137. The van der Waals surface area contributed by atoms with Gasteiger partial charge in [0.05, 0.1) is 12.2 Å². The third kappa shape index (κ3) is 3.40. The Labute approximate surface area is 136 Å². The molecule has 0 radical (unpaired) electrons. The van der Waals surface area contributed by atoms with E-state index in [-0.39, 0.29) is 20.6 Å². The monoisotopic (exact) mass is 340 g/mol. The summed E-state index contributed by atoms with van der Waals surface area (Å²) in [7, 11) is 0. The van der Waals surface area contributed by atoms with Gasteiger partial charge in [-0.25, -0.2) is 0 Å². The minimum Gasteiger partial charge on any atom is -0.475 e. The SMILES string of the molecule is OCCOc1cccc2nc(Nc3ccc(C(F)(F)F)cc3)nn12.[HH]. The summed E-state index contributed by atoms with van der Waals surface area (Å²) in [5.41, 5.74) is 0.201. The van der Waals surface area contributed by atoms with Crippen LogP contribution in [0.5, 0.6) is 5.88 Å². The third-order valence-electron chi connectivity index (χ3n) is 3.13. The molecule has 0 fully saturated rings. The van der Waals surface area contributed by atoms with Crippen molar-refractivity contribution in [1.29, 1.82) is 0 Å². The second-order valence-electron chi connectivity index (χ2n) is 4.84. The summed E-state index contributed by atoms with van der Waals surface area (Å²) < 4.78 is 44.4. The number of aliphatic hydroxyl groups excluding tert-OH is 1. The van der Waals surface area contributed by atoms with Crippen LogP contribution in [0.15, 0.2) is 42.5 Å². The predicted molar refractivity (Wildman–Crippen MR) is 82.4 cm³/mol. The molecule has 3 rings (SSSR count). The third-order valence-corrected chi connectivity index (χ3v) is 3.13. The van der Waals surface area contributed by atoms with Crippen LogP contribution in [0.2, 0.25) is 0 Å². The zero-order chi connectivity index (χ0) is 17.2. The van der Waals surface area contributed by atoms with Crippen LogP contribution < -0.4 is 10.1 Å². The topological polar surface area (TPSA) is 71.7 Å². The first-order valence-corrected chi connectivity index (χ1v) is 7.01. The highest BCUT2D eigenvalue weighted by Crippen LogP contribution is 2.30. The van der Waals surface area contributed by atoms with Crippen LogP contribution in [0.4, 0.5) is 24.8 Å². The number of rotatable bonds is 5. The molecule has 9 heteroatoms. The van der Waals surface area contributed by atoms with E-state index in [9.17, 15) is 13.2 Å². The maximum atomic E-state index is 12.6. The number of pyridine rings is 1. The molecule has 0 aliphatic heterocycles. The Morgan fingerprint density at radius 1 is 1.17 bits per heavy atom. The number of ether oxygens (including phenoxy) is 1. The van der Waals surface area contributed by atoms with Crippen molar-refractivity contribution in [3.63, 3.8) is 0 Å². The van der Waals surface area contributed by atoms with Crippen molar-refractivity contribution in [1.82, 2.24) is 14.6 Å². The summed E-state index contributed by atoms with van der Waals surface area (Å²) >= 11 is 0. The van der Waals surface area contributed by atoms with Gasteiger partial charge in [0.1, 0.15) is 6.61 Å². The number of hydrogen-bond donors (Lipinski definition) is 2. The van der Waals surface area contributed by atoms with E-state index in [1.807, 2.05) is 0 Å². The fourth-order valence-corrected chi connectivity index (χ4v) is 2.07. The van der Waals surface area contributed by atoms with Crippen LogP contribution in [-0.2, 0) is 6.18 Å². The summed E-state index contributed by atoms with van der Waals surface area (Å²) in [6, 6.07) is 9.66. The highest BCUT2D eigenvalue weighted by molar-refractivity contribution is 5.56. The molecule has 128 valence electrons. The Balaban J connectivity index is 0.00000225. The van der Waals surface area contributed by atoms with E-state index in [0.717, 1.165) is 12.1 Å². The van der Waals surface area contributed by atoms with Crippen molar-refractivity contribution in [3.8, 4) is 5.88 Å². The smallest absolute Gasteiger partial charge is 0.416 e. The van der Waals surface area contributed by atoms with E-state index in [1.165, 1.54) is 16.6 Å². The number of aliphatic hydroxyl groups is 1. The lowest BCUT2D eigenvalue weighted by Gasteiger charge is -2.07. The van der Waals surface area contributed by atoms with E-state index in [2.05, 4.69) is 15.4 Å². The van der Waals surface area contributed by atoms with Crippen LogP contribution in [0.25, 0.3) is 5.65 Å². The molecule has 0 aliphatic rings. The molecule has 0 aliphatic carbocycles. The standard InChI is InChI=1S/C15H13F3N4O2.H2/c16-15(17,18)10-4-6-11(7-5-10)19-14-20-12-2-1-3-13(22(12)21-14)24-9-8-23;/h1-7,23H,8-9H2,(H,19,21);1H. The Hall–Kier alpha value is -2.81. The first-order valence-electron chi connectivity index (χ1n) is 7.01. The van der Waals surface area contributed by atoms with Gasteiger partial charge in [0.2, 0.25) is 11.8 Å². The molecule has 0 atom stereocenters. The van der Waals surface area contributed by atoms with Gasteiger partial charge in [-0.2, -0.15) is 22.7 Å². The van der Waals surface area contributed by atoms with Gasteiger partial charge in [0, 0.05) is 13.2 Å². The Kier molecular flexibility index (Phi) is 4.26. The molecule has 2 N–H and O–H groups in total. The van der Waals surface area contributed by atoms with Gasteiger partial charge in [-0.05, 0) is 30.3 Å². The Morgan fingerprint density at radius 2 is 1.92 bits per heavy atom. The molecule has 0 bridgehead atoms. The molecule has 0 saturated carbocycles. The van der Waals surface area contributed by atoms with Crippen molar-refractivity contribution < 1.29 is 24.4 Å². The molecule has 3 aromatic rings. The molecular weight excluding hydrogens is 325 g/mol. The lowest BCUT2D eigenvalue weighted by atomic mass is 10.2. The van der Waals surface area contributed by atoms with Crippen LogP contribution in [-0.4, -0.2) is 32.9 Å². The molecule has 24 heavy (non-hydrogen) atoms. The van der Waals surface area contributed by atoms with Crippen molar-refractivity contribution in [3.05, 3.63) is 48.0 Å². The van der Waals surface area contributed by atoms with Gasteiger partial charge >= 0.3 is 6.18 Å². The number of benzene rings is 1. The minimum absolute atomic E-state index is 0. The van der Waals surface area contributed by atoms with E-state index < -0.39 is 11.7 Å². The van der Waals surface area contributed by atoms with Crippen molar-refractivity contribution >= 4 is 17.3 Å². The highest BCUT2D eigenvalue weighted by atomic mass is 19.4. The van der Waals surface area contributed by atoms with Crippen LogP contribution in [0.1, 0.15) is 6.99 Å². The number of nitrogens with zero attached hydrogens (tertiary/aromatic N) is 3. The van der Waals surface area contributed by atoms with Crippen molar-refractivity contribution in [2.45, 2.75) is 6.18 Å². The second kappa shape index (κ2) is 6.36. The number of alkyl halides is 3. The summed E-state index contributed by atoms with van der Waals surface area (Å²) in [5, 5.41) is 15.9. The zero-order valence-corrected chi connectivity index (χ0v) is 12.3. The van der Waals surface area contributed by atoms with E-state index in [1.54, 1.807) is 18.2 Å². The van der Waals surface area contributed by atoms with E-state index in [0.29, 0.717) is 17.2 Å². The summed E-state index contributed by atoms with van der Waals surface area (Å²) in [6.45, 7) is -0.0254. The largest absolute Gasteiger partial charge is 0.475 e. The van der Waals surface area contributed by atoms with Gasteiger partial charge in [0.25, 0.3) is 0 Å². The van der Waals surface area contributed by atoms with Crippen LogP contribution in [0, 0.1) is 0 Å². The quantitative estimate of drug-likeness (QED) is 0.747. The van der Waals surface area contributed by atoms with Crippen LogP contribution in [0.3, 0.4) is 0 Å². The molecule has 0 unspecified atom stereocenters. The van der Waals surface area contributed by atoms with E-state index in [4.69, 9.17) is 9.84 Å². The molecule has 0 saturated heterocycles. The second-order valence-corrected chi connectivity index (χ2v) is 4.84. The molecule has 1 aromatic carbocycles. The minimum atomic E-state index is -4.38. The van der Waals surface area contributed by atoms with Gasteiger partial charge in [-0.1, -0.05) is 6.07 Å². The lowest BCUT2D eigenvalue weighted by Crippen LogP contribution is -2.06. The van der Waals surface area contributed by atoms with Crippen molar-refractivity contribution in [2.24, 2.45) is 0 Å². The van der Waals surface area contributed by atoms with Gasteiger partial charge < -0.3 is 15.2 Å². The number of aromatic nitrogens is 3. The molecule has 2 aromatic heterocycles. The molecule has 6 nitrogen and oxygen atoms in total. The maximum Gasteiger partial charge on any atom is 0.416 e. The Morgan fingerprint density at radius 3 is 2.58 bits per heavy atom. The number of anilines is 2. The number of halogens is 3. The summed E-state index contributed by atoms with van der Waals surface area (Å²) in [4.78, 5) is 4.22. The number of nitrogens with one attached hydrogen (secondary N) is 1. The normalized spacial score (nSPS) is 11.7. The summed E-state index contributed by atoms with van der Waals surface area (Å²) in [6.07, 6.45) is -4.38. The van der Waals surface area contributed by atoms with Crippen LogP contribution >= 0.6 is 0 Å².